The third-order valence-corrected chi connectivity index (χ3v) is 2.98. The summed E-state index contributed by atoms with van der Waals surface area (Å²) in [6, 6.07) is 10.9. The first-order valence-corrected chi connectivity index (χ1v) is 8.23. The van der Waals surface area contributed by atoms with Crippen LogP contribution >= 0.6 is 0 Å². The van der Waals surface area contributed by atoms with Crippen LogP contribution in [-0.2, 0) is 6.42 Å². The molecular formula is C20H31N. The van der Waals surface area contributed by atoms with Crippen LogP contribution in [0, 0.1) is 13.8 Å². The minimum absolute atomic E-state index is 1.09. The molecule has 1 aromatic carbocycles. The highest BCUT2D eigenvalue weighted by Crippen LogP contribution is 2.24. The van der Waals surface area contributed by atoms with Crippen molar-refractivity contribution in [2.24, 2.45) is 0 Å². The number of rotatable bonds is 3. The van der Waals surface area contributed by atoms with Crippen molar-refractivity contribution in [2.45, 2.75) is 61.3 Å². The van der Waals surface area contributed by atoms with E-state index < -0.39 is 0 Å². The van der Waals surface area contributed by atoms with Crippen molar-refractivity contribution in [3.63, 3.8) is 0 Å². The zero-order valence-electron chi connectivity index (χ0n) is 14.8. The predicted molar refractivity (Wildman–Crippen MR) is 95.8 cm³/mol. The van der Waals surface area contributed by atoms with Gasteiger partial charge in [-0.1, -0.05) is 58.7 Å². The molecule has 1 nitrogen and oxygen atoms in total. The number of hydrogen-bond acceptors (Lipinski definition) is 1. The van der Waals surface area contributed by atoms with Crippen LogP contribution in [0.25, 0.3) is 11.3 Å². The van der Waals surface area contributed by atoms with Gasteiger partial charge in [0.2, 0.25) is 0 Å². The largest absolute Gasteiger partial charge is 0.256 e. The molecule has 2 rings (SSSR count). The van der Waals surface area contributed by atoms with Gasteiger partial charge in [0.1, 0.15) is 0 Å². The minimum atomic E-state index is 1.09. The first-order valence-electron chi connectivity index (χ1n) is 8.23. The van der Waals surface area contributed by atoms with Crippen LogP contribution in [0.4, 0.5) is 0 Å². The van der Waals surface area contributed by atoms with E-state index in [4.69, 9.17) is 0 Å². The number of benzene rings is 1. The summed E-state index contributed by atoms with van der Waals surface area (Å²) in [4.78, 5) is 4.49. The Hall–Kier alpha value is -1.63. The summed E-state index contributed by atoms with van der Waals surface area (Å²) >= 11 is 0. The second-order valence-electron chi connectivity index (χ2n) is 4.63. The monoisotopic (exact) mass is 285 g/mol. The van der Waals surface area contributed by atoms with Gasteiger partial charge in [0.05, 0.1) is 5.69 Å². The highest BCUT2D eigenvalue weighted by Gasteiger charge is 2.06. The molecule has 116 valence electrons. The molecule has 0 spiro atoms. The molecule has 21 heavy (non-hydrogen) atoms. The summed E-state index contributed by atoms with van der Waals surface area (Å²) in [5.41, 5.74) is 6.34. The van der Waals surface area contributed by atoms with E-state index in [1.54, 1.807) is 0 Å². The first kappa shape index (κ1) is 19.4. The minimum Gasteiger partial charge on any atom is -0.256 e. The molecular weight excluding hydrogens is 254 g/mol. The Morgan fingerprint density at radius 3 is 2.05 bits per heavy atom. The highest BCUT2D eigenvalue weighted by molar-refractivity contribution is 5.65. The molecule has 0 saturated carbocycles. The van der Waals surface area contributed by atoms with E-state index in [0.717, 1.165) is 12.1 Å². The Labute approximate surface area is 131 Å². The molecule has 0 fully saturated rings. The predicted octanol–water partition coefficient (Wildman–Crippen LogP) is 6.37. The summed E-state index contributed by atoms with van der Waals surface area (Å²) < 4.78 is 0. The standard InChI is InChI=1S/C16H19N.2C2H6/c1-4-5-14-7-6-12(2)10-15(14)16-11-13(3)8-9-17-16;2*1-2/h6-11H,4-5H2,1-3H3;2*1-2H3. The van der Waals surface area contributed by atoms with Gasteiger partial charge in [-0.3, -0.25) is 4.98 Å². The van der Waals surface area contributed by atoms with Crippen molar-refractivity contribution >= 4 is 0 Å². The van der Waals surface area contributed by atoms with Crippen LogP contribution in [0.15, 0.2) is 36.5 Å². The summed E-state index contributed by atoms with van der Waals surface area (Å²) in [7, 11) is 0. The van der Waals surface area contributed by atoms with Gasteiger partial charge < -0.3 is 0 Å². The lowest BCUT2D eigenvalue weighted by atomic mass is 9.97. The molecule has 1 heteroatoms. The van der Waals surface area contributed by atoms with E-state index in [9.17, 15) is 0 Å². The van der Waals surface area contributed by atoms with Gasteiger partial charge in [-0.05, 0) is 49.6 Å². The van der Waals surface area contributed by atoms with E-state index in [0.29, 0.717) is 0 Å². The maximum Gasteiger partial charge on any atom is 0.0707 e. The van der Waals surface area contributed by atoms with Crippen LogP contribution in [0.3, 0.4) is 0 Å². The van der Waals surface area contributed by atoms with Crippen molar-refractivity contribution in [1.29, 1.82) is 0 Å². The molecule has 2 aromatic rings. The fraction of sp³-hybridized carbons (Fsp3) is 0.450. The SMILES string of the molecule is CC.CC.CCCc1ccc(C)cc1-c1cc(C)ccn1. The van der Waals surface area contributed by atoms with Gasteiger partial charge in [-0.25, -0.2) is 0 Å². The lowest BCUT2D eigenvalue weighted by molar-refractivity contribution is 0.922. The molecule has 1 aromatic heterocycles. The number of aromatic nitrogens is 1. The molecule has 0 saturated heterocycles. The van der Waals surface area contributed by atoms with Gasteiger partial charge in [-0.15, -0.1) is 0 Å². The lowest BCUT2D eigenvalue weighted by Gasteiger charge is -2.10. The fourth-order valence-corrected chi connectivity index (χ4v) is 2.10. The van der Waals surface area contributed by atoms with Crippen LogP contribution in [-0.4, -0.2) is 4.98 Å². The van der Waals surface area contributed by atoms with Crippen LogP contribution in [0.1, 0.15) is 57.7 Å². The van der Waals surface area contributed by atoms with Crippen LogP contribution in [0.2, 0.25) is 0 Å². The molecule has 0 radical (unpaired) electrons. The Morgan fingerprint density at radius 1 is 0.857 bits per heavy atom. The molecule has 0 aliphatic carbocycles. The van der Waals surface area contributed by atoms with E-state index in [1.165, 1.54) is 28.7 Å². The number of pyridine rings is 1. The quantitative estimate of drug-likeness (QED) is 0.638. The van der Waals surface area contributed by atoms with E-state index >= 15 is 0 Å². The maximum atomic E-state index is 4.49. The third-order valence-electron chi connectivity index (χ3n) is 2.98. The van der Waals surface area contributed by atoms with Crippen molar-refractivity contribution in [3.8, 4) is 11.3 Å². The summed E-state index contributed by atoms with van der Waals surface area (Å²) in [6.45, 7) is 14.5. The van der Waals surface area contributed by atoms with Gasteiger partial charge in [0, 0.05) is 11.8 Å². The van der Waals surface area contributed by atoms with Crippen molar-refractivity contribution in [1.82, 2.24) is 4.98 Å². The summed E-state index contributed by atoms with van der Waals surface area (Å²) in [5.74, 6) is 0. The number of aryl methyl sites for hydroxylation is 3. The van der Waals surface area contributed by atoms with Crippen LogP contribution < -0.4 is 0 Å². The van der Waals surface area contributed by atoms with Gasteiger partial charge in [-0.2, -0.15) is 0 Å². The van der Waals surface area contributed by atoms with Gasteiger partial charge >= 0.3 is 0 Å². The average molecular weight is 285 g/mol. The van der Waals surface area contributed by atoms with Crippen LogP contribution in [0.5, 0.6) is 0 Å². The summed E-state index contributed by atoms with van der Waals surface area (Å²) in [6.07, 6.45) is 4.18. The van der Waals surface area contributed by atoms with E-state index in [1.807, 2.05) is 40.0 Å². The second kappa shape index (κ2) is 11.1. The smallest absolute Gasteiger partial charge is 0.0707 e. The number of hydrogen-bond donors (Lipinski definition) is 0. The van der Waals surface area contributed by atoms with Crippen molar-refractivity contribution in [3.05, 3.63) is 53.2 Å². The van der Waals surface area contributed by atoms with E-state index in [-0.39, 0.29) is 0 Å². The first-order chi connectivity index (χ1) is 10.2. The number of nitrogens with zero attached hydrogens (tertiary/aromatic N) is 1. The molecule has 0 amide bonds. The van der Waals surface area contributed by atoms with Gasteiger partial charge in [0.15, 0.2) is 0 Å². The zero-order valence-corrected chi connectivity index (χ0v) is 14.8. The Kier molecular flexibility index (Phi) is 10.2. The molecule has 0 aliphatic rings. The maximum absolute atomic E-state index is 4.49. The third kappa shape index (κ3) is 6.12. The zero-order chi connectivity index (χ0) is 16.3. The van der Waals surface area contributed by atoms with E-state index in [2.05, 4.69) is 50.0 Å². The molecule has 0 atom stereocenters. The molecule has 1 heterocycles. The van der Waals surface area contributed by atoms with Crippen molar-refractivity contribution < 1.29 is 0 Å². The Balaban J connectivity index is 0.000000921. The molecule has 0 bridgehead atoms. The summed E-state index contributed by atoms with van der Waals surface area (Å²) in [5, 5.41) is 0. The Morgan fingerprint density at radius 2 is 1.48 bits per heavy atom. The second-order valence-corrected chi connectivity index (χ2v) is 4.63. The molecule has 0 aliphatic heterocycles. The van der Waals surface area contributed by atoms with Gasteiger partial charge in [0.25, 0.3) is 0 Å². The fourth-order valence-electron chi connectivity index (χ4n) is 2.10. The Bertz CT molecular complexity index is 515. The molecule has 0 unspecified atom stereocenters. The average Bonchev–Trinajstić information content (AvgIpc) is 2.53. The topological polar surface area (TPSA) is 12.9 Å². The van der Waals surface area contributed by atoms with Crippen molar-refractivity contribution in [2.75, 3.05) is 0 Å². The normalized spacial score (nSPS) is 9.10. The molecule has 0 N–H and O–H groups in total. The highest BCUT2D eigenvalue weighted by atomic mass is 14.7. The lowest BCUT2D eigenvalue weighted by Crippen LogP contribution is -1.93.